The third kappa shape index (κ3) is 3.77. The maximum absolute atomic E-state index is 13.1. The van der Waals surface area contributed by atoms with Crippen LogP contribution in [0.15, 0.2) is 65.8 Å². The second kappa shape index (κ2) is 7.88. The molecule has 1 aliphatic heterocycles. The molecule has 2 aromatic heterocycles. The van der Waals surface area contributed by atoms with Gasteiger partial charge in [-0.3, -0.25) is 14.2 Å². The van der Waals surface area contributed by atoms with Gasteiger partial charge in [-0.1, -0.05) is 24.3 Å². The highest BCUT2D eigenvalue weighted by atomic mass is 19.4. The fraction of sp³-hybridized carbons (Fsp3) is 0.217. The van der Waals surface area contributed by atoms with E-state index in [1.807, 2.05) is 24.3 Å². The minimum Gasteiger partial charge on any atom is -0.311 e. The van der Waals surface area contributed by atoms with Crippen molar-refractivity contribution in [2.24, 2.45) is 0 Å². The molecule has 10 heteroatoms. The number of hydrogen-bond donors (Lipinski definition) is 0. The quantitative estimate of drug-likeness (QED) is 0.475. The molecule has 2 aromatic carbocycles. The van der Waals surface area contributed by atoms with Crippen LogP contribution in [0, 0.1) is 0 Å². The molecule has 3 heterocycles. The Labute approximate surface area is 185 Å². The van der Waals surface area contributed by atoms with Gasteiger partial charge < -0.3 is 4.90 Å². The number of benzene rings is 2. The summed E-state index contributed by atoms with van der Waals surface area (Å²) in [5, 5.41) is 4.18. The molecule has 0 saturated carbocycles. The van der Waals surface area contributed by atoms with Crippen molar-refractivity contribution in [3.8, 4) is 5.69 Å². The van der Waals surface area contributed by atoms with Crippen LogP contribution >= 0.6 is 0 Å². The molecule has 0 spiro atoms. The predicted octanol–water partition coefficient (Wildman–Crippen LogP) is 3.58. The third-order valence-electron chi connectivity index (χ3n) is 5.69. The lowest BCUT2D eigenvalue weighted by Gasteiger charge is -2.29. The van der Waals surface area contributed by atoms with Crippen molar-refractivity contribution >= 4 is 22.6 Å². The number of halogens is 3. The first-order valence-electron chi connectivity index (χ1n) is 10.3. The molecule has 5 rings (SSSR count). The number of carbonyl (C=O) groups excluding carboxylic acids is 1. The largest absolute Gasteiger partial charge is 0.416 e. The highest BCUT2D eigenvalue weighted by molar-refractivity contribution is 5.94. The first-order chi connectivity index (χ1) is 15.8. The molecule has 0 bridgehead atoms. The Morgan fingerprint density at radius 1 is 1.09 bits per heavy atom. The van der Waals surface area contributed by atoms with Crippen molar-refractivity contribution in [3.05, 3.63) is 82.5 Å². The van der Waals surface area contributed by atoms with E-state index in [0.717, 1.165) is 36.2 Å². The summed E-state index contributed by atoms with van der Waals surface area (Å²) in [4.78, 5) is 31.9. The van der Waals surface area contributed by atoms with Gasteiger partial charge in [-0.25, -0.2) is 9.67 Å². The van der Waals surface area contributed by atoms with Gasteiger partial charge in [0.05, 0.1) is 17.4 Å². The number of alkyl halides is 3. The molecule has 168 valence electrons. The van der Waals surface area contributed by atoms with E-state index in [1.54, 1.807) is 4.90 Å². The van der Waals surface area contributed by atoms with Crippen LogP contribution < -0.4 is 10.5 Å². The Hall–Kier alpha value is -3.95. The van der Waals surface area contributed by atoms with Gasteiger partial charge in [0, 0.05) is 12.2 Å². The van der Waals surface area contributed by atoms with Gasteiger partial charge in [-0.15, -0.1) is 0 Å². The lowest BCUT2D eigenvalue weighted by molar-refractivity contribution is -0.137. The smallest absolute Gasteiger partial charge is 0.311 e. The zero-order valence-electron chi connectivity index (χ0n) is 17.3. The van der Waals surface area contributed by atoms with Gasteiger partial charge in [0.1, 0.15) is 18.3 Å². The number of carbonyl (C=O) groups is 1. The maximum atomic E-state index is 13.1. The van der Waals surface area contributed by atoms with Gasteiger partial charge in [-0.05, 0) is 42.7 Å². The molecule has 0 atom stereocenters. The fourth-order valence-electron chi connectivity index (χ4n) is 4.09. The van der Waals surface area contributed by atoms with Crippen molar-refractivity contribution in [2.75, 3.05) is 11.4 Å². The van der Waals surface area contributed by atoms with Gasteiger partial charge in [0.25, 0.3) is 5.56 Å². The van der Waals surface area contributed by atoms with Crippen LogP contribution in [0.5, 0.6) is 0 Å². The molecule has 7 nitrogen and oxygen atoms in total. The minimum absolute atomic E-state index is 0.113. The van der Waals surface area contributed by atoms with Crippen molar-refractivity contribution in [1.29, 1.82) is 0 Å². The summed E-state index contributed by atoms with van der Waals surface area (Å²) in [5.41, 5.74) is 0.853. The number of amides is 1. The number of hydrogen-bond acceptors (Lipinski definition) is 4. The molecule has 33 heavy (non-hydrogen) atoms. The number of para-hydroxylation sites is 1. The zero-order valence-corrected chi connectivity index (χ0v) is 17.3. The molecular formula is C23H18F3N5O2. The summed E-state index contributed by atoms with van der Waals surface area (Å²) in [5.74, 6) is -0.240. The first kappa shape index (κ1) is 20.9. The average Bonchev–Trinajstić information content (AvgIpc) is 3.25. The number of rotatable bonds is 3. The van der Waals surface area contributed by atoms with Gasteiger partial charge >= 0.3 is 6.18 Å². The number of aromatic nitrogens is 4. The Kier molecular flexibility index (Phi) is 4.99. The van der Waals surface area contributed by atoms with E-state index in [9.17, 15) is 22.8 Å². The van der Waals surface area contributed by atoms with Crippen LogP contribution in [0.3, 0.4) is 0 Å². The summed E-state index contributed by atoms with van der Waals surface area (Å²) < 4.78 is 41.6. The monoisotopic (exact) mass is 453 g/mol. The number of nitrogens with zero attached hydrogens (tertiary/aromatic N) is 5. The van der Waals surface area contributed by atoms with E-state index in [2.05, 4.69) is 10.1 Å². The Morgan fingerprint density at radius 2 is 1.91 bits per heavy atom. The normalized spacial score (nSPS) is 13.8. The molecule has 1 amide bonds. The Morgan fingerprint density at radius 3 is 2.73 bits per heavy atom. The van der Waals surface area contributed by atoms with Crippen LogP contribution in [-0.4, -0.2) is 31.8 Å². The number of fused-ring (bicyclic) bond motifs is 2. The summed E-state index contributed by atoms with van der Waals surface area (Å²) in [6.45, 7) is 0.360. The minimum atomic E-state index is -4.51. The van der Waals surface area contributed by atoms with Crippen LogP contribution in [0.25, 0.3) is 16.7 Å². The van der Waals surface area contributed by atoms with Crippen LogP contribution in [0.1, 0.15) is 17.5 Å². The summed E-state index contributed by atoms with van der Waals surface area (Å²) in [6.07, 6.45) is -0.306. The summed E-state index contributed by atoms with van der Waals surface area (Å²) >= 11 is 0. The molecule has 0 fully saturated rings. The van der Waals surface area contributed by atoms with E-state index in [1.165, 1.54) is 33.9 Å². The lowest BCUT2D eigenvalue weighted by Crippen LogP contribution is -2.39. The van der Waals surface area contributed by atoms with E-state index >= 15 is 0 Å². The highest BCUT2D eigenvalue weighted by Gasteiger charge is 2.31. The molecule has 4 aromatic rings. The molecule has 0 aliphatic carbocycles. The van der Waals surface area contributed by atoms with Gasteiger partial charge in [0.2, 0.25) is 5.91 Å². The average molecular weight is 453 g/mol. The van der Waals surface area contributed by atoms with Crippen molar-refractivity contribution in [2.45, 2.75) is 25.6 Å². The van der Waals surface area contributed by atoms with E-state index < -0.39 is 17.3 Å². The molecule has 1 aliphatic rings. The first-order valence-corrected chi connectivity index (χ1v) is 10.3. The standard InChI is InChI=1S/C23H18F3N5O2/c24-23(25,26)16-7-3-8-17(11-16)31-21-18(12-28-31)22(33)29(14-27-21)13-20(32)30-10-4-6-15-5-1-2-9-19(15)30/h1-3,5,7-9,11-12,14H,4,6,10,13H2. The van der Waals surface area contributed by atoms with E-state index in [-0.39, 0.29) is 29.2 Å². The highest BCUT2D eigenvalue weighted by Crippen LogP contribution is 2.30. The van der Waals surface area contributed by atoms with Gasteiger partial charge in [-0.2, -0.15) is 18.3 Å². The van der Waals surface area contributed by atoms with Crippen molar-refractivity contribution in [3.63, 3.8) is 0 Å². The second-order valence-electron chi connectivity index (χ2n) is 7.80. The second-order valence-corrected chi connectivity index (χ2v) is 7.80. The zero-order chi connectivity index (χ0) is 23.2. The SMILES string of the molecule is O=C(Cn1cnc2c(cnn2-c2cccc(C(F)(F)F)c2)c1=O)N1CCCc2ccccc21. The molecule has 0 saturated heterocycles. The summed E-state index contributed by atoms with van der Waals surface area (Å²) in [7, 11) is 0. The molecule has 0 radical (unpaired) electrons. The van der Waals surface area contributed by atoms with Crippen LogP contribution in [0.2, 0.25) is 0 Å². The fourth-order valence-corrected chi connectivity index (χ4v) is 4.09. The van der Waals surface area contributed by atoms with Crippen LogP contribution in [-0.2, 0) is 23.9 Å². The third-order valence-corrected chi connectivity index (χ3v) is 5.69. The van der Waals surface area contributed by atoms with E-state index in [4.69, 9.17) is 0 Å². The summed E-state index contributed by atoms with van der Waals surface area (Å²) in [6, 6.07) is 12.3. The Balaban J connectivity index is 1.46. The topological polar surface area (TPSA) is 73.0 Å². The van der Waals surface area contributed by atoms with Crippen LogP contribution in [0.4, 0.5) is 18.9 Å². The number of anilines is 1. The molecule has 0 N–H and O–H groups in total. The Bertz CT molecular complexity index is 1420. The lowest BCUT2D eigenvalue weighted by atomic mass is 10.0. The molecule has 0 unspecified atom stereocenters. The predicted molar refractivity (Wildman–Crippen MR) is 115 cm³/mol. The van der Waals surface area contributed by atoms with Crippen molar-refractivity contribution < 1.29 is 18.0 Å². The number of aryl methyl sites for hydroxylation is 1. The molecular weight excluding hydrogens is 435 g/mol. The van der Waals surface area contributed by atoms with Gasteiger partial charge in [0.15, 0.2) is 5.65 Å². The van der Waals surface area contributed by atoms with E-state index in [0.29, 0.717) is 6.54 Å². The van der Waals surface area contributed by atoms with Crippen molar-refractivity contribution in [1.82, 2.24) is 19.3 Å². The maximum Gasteiger partial charge on any atom is 0.416 e.